The van der Waals surface area contributed by atoms with Crippen molar-refractivity contribution in [3.8, 4) is 0 Å². The molecule has 0 aromatic heterocycles. The average molecular weight is 255 g/mol. The molecule has 5 nitrogen and oxygen atoms in total. The van der Waals surface area contributed by atoms with E-state index in [9.17, 15) is 4.79 Å². The maximum absolute atomic E-state index is 11.8. The smallest absolute Gasteiger partial charge is 0.221 e. The molecule has 2 aliphatic rings. The number of carbonyl (C=O) groups is 1. The second kappa shape index (κ2) is 6.50. The van der Waals surface area contributed by atoms with Crippen molar-refractivity contribution in [2.75, 3.05) is 26.7 Å². The van der Waals surface area contributed by atoms with Crippen LogP contribution in [0.1, 0.15) is 32.1 Å². The summed E-state index contributed by atoms with van der Waals surface area (Å²) in [6.45, 7) is 2.26. The lowest BCUT2D eigenvalue weighted by molar-refractivity contribution is -0.122. The van der Waals surface area contributed by atoms with Gasteiger partial charge in [-0.3, -0.25) is 9.69 Å². The number of nitrogens with one attached hydrogen (secondary N) is 1. The SMILES string of the molecule is CN(CC1CCCO1)C(CN)CC(=O)NC1CC1. The summed E-state index contributed by atoms with van der Waals surface area (Å²) >= 11 is 0. The highest BCUT2D eigenvalue weighted by Gasteiger charge is 2.26. The van der Waals surface area contributed by atoms with Gasteiger partial charge in [0, 0.05) is 38.2 Å². The van der Waals surface area contributed by atoms with E-state index in [4.69, 9.17) is 10.5 Å². The first-order valence-electron chi connectivity index (χ1n) is 7.00. The summed E-state index contributed by atoms with van der Waals surface area (Å²) in [6, 6.07) is 0.548. The van der Waals surface area contributed by atoms with Gasteiger partial charge in [-0.25, -0.2) is 0 Å². The van der Waals surface area contributed by atoms with Crippen molar-refractivity contribution < 1.29 is 9.53 Å². The van der Waals surface area contributed by atoms with Gasteiger partial charge in [-0.05, 0) is 32.7 Å². The van der Waals surface area contributed by atoms with E-state index in [0.717, 1.165) is 38.8 Å². The van der Waals surface area contributed by atoms with Gasteiger partial charge in [0.1, 0.15) is 0 Å². The lowest BCUT2D eigenvalue weighted by Crippen LogP contribution is -2.45. The fraction of sp³-hybridized carbons (Fsp3) is 0.923. The third-order valence-corrected chi connectivity index (χ3v) is 3.77. The molecule has 2 fully saturated rings. The van der Waals surface area contributed by atoms with Crippen LogP contribution >= 0.6 is 0 Å². The summed E-state index contributed by atoms with van der Waals surface area (Å²) in [6.07, 6.45) is 5.34. The van der Waals surface area contributed by atoms with Crippen molar-refractivity contribution in [2.45, 2.75) is 50.3 Å². The summed E-state index contributed by atoms with van der Waals surface area (Å²) in [5, 5.41) is 3.01. The van der Waals surface area contributed by atoms with E-state index in [-0.39, 0.29) is 11.9 Å². The Bertz CT molecular complexity index is 275. The molecular weight excluding hydrogens is 230 g/mol. The Labute approximate surface area is 109 Å². The minimum absolute atomic E-state index is 0.118. The standard InChI is InChI=1S/C13H25N3O2/c1-16(9-12-3-2-6-18-12)11(8-14)7-13(17)15-10-4-5-10/h10-12H,2-9,14H2,1H3,(H,15,17). The number of rotatable bonds is 7. The fourth-order valence-electron chi connectivity index (χ4n) is 2.41. The van der Waals surface area contributed by atoms with Gasteiger partial charge in [0.05, 0.1) is 6.10 Å². The van der Waals surface area contributed by atoms with Crippen LogP contribution in [-0.2, 0) is 9.53 Å². The first kappa shape index (κ1) is 13.8. The molecule has 0 aromatic rings. The van der Waals surface area contributed by atoms with Crippen LogP contribution in [0.25, 0.3) is 0 Å². The molecule has 0 aromatic carbocycles. The predicted octanol–water partition coefficient (Wildman–Crippen LogP) is 0.0932. The van der Waals surface area contributed by atoms with Gasteiger partial charge in [-0.2, -0.15) is 0 Å². The van der Waals surface area contributed by atoms with E-state index in [1.165, 1.54) is 0 Å². The molecular formula is C13H25N3O2. The van der Waals surface area contributed by atoms with E-state index >= 15 is 0 Å². The van der Waals surface area contributed by atoms with Crippen LogP contribution in [-0.4, -0.2) is 55.7 Å². The zero-order valence-corrected chi connectivity index (χ0v) is 11.2. The molecule has 1 amide bonds. The zero-order valence-electron chi connectivity index (χ0n) is 11.2. The quantitative estimate of drug-likeness (QED) is 0.677. The summed E-state index contributed by atoms with van der Waals surface area (Å²) in [5.74, 6) is 0.132. The molecule has 1 saturated carbocycles. The summed E-state index contributed by atoms with van der Waals surface area (Å²) in [4.78, 5) is 13.9. The Morgan fingerprint density at radius 3 is 2.83 bits per heavy atom. The maximum atomic E-state index is 11.8. The molecule has 2 unspecified atom stereocenters. The second-order valence-electron chi connectivity index (χ2n) is 5.51. The number of nitrogens with zero attached hydrogens (tertiary/aromatic N) is 1. The Kier molecular flexibility index (Phi) is 4.97. The second-order valence-corrected chi connectivity index (χ2v) is 5.51. The molecule has 1 aliphatic carbocycles. The number of ether oxygens (including phenoxy) is 1. The first-order chi connectivity index (χ1) is 8.69. The molecule has 1 aliphatic heterocycles. The van der Waals surface area contributed by atoms with Gasteiger partial charge in [0.2, 0.25) is 5.91 Å². The number of likely N-dealkylation sites (N-methyl/N-ethyl adjacent to an activating group) is 1. The van der Waals surface area contributed by atoms with Gasteiger partial charge >= 0.3 is 0 Å². The Hall–Kier alpha value is -0.650. The van der Waals surface area contributed by atoms with Crippen LogP contribution in [0.5, 0.6) is 0 Å². The van der Waals surface area contributed by atoms with Crippen LogP contribution in [0.2, 0.25) is 0 Å². The molecule has 18 heavy (non-hydrogen) atoms. The van der Waals surface area contributed by atoms with Crippen LogP contribution in [0.4, 0.5) is 0 Å². The van der Waals surface area contributed by atoms with Gasteiger partial charge in [0.15, 0.2) is 0 Å². The van der Waals surface area contributed by atoms with Crippen molar-refractivity contribution in [2.24, 2.45) is 5.73 Å². The van der Waals surface area contributed by atoms with Crippen LogP contribution in [0.3, 0.4) is 0 Å². The molecule has 3 N–H and O–H groups in total. The number of amides is 1. The van der Waals surface area contributed by atoms with Crippen molar-refractivity contribution in [3.63, 3.8) is 0 Å². The van der Waals surface area contributed by atoms with E-state index in [2.05, 4.69) is 10.2 Å². The minimum Gasteiger partial charge on any atom is -0.377 e. The summed E-state index contributed by atoms with van der Waals surface area (Å²) in [5.41, 5.74) is 5.78. The third kappa shape index (κ3) is 4.23. The summed E-state index contributed by atoms with van der Waals surface area (Å²) in [7, 11) is 2.03. The van der Waals surface area contributed by atoms with Crippen LogP contribution in [0.15, 0.2) is 0 Å². The number of carbonyl (C=O) groups excluding carboxylic acids is 1. The van der Waals surface area contributed by atoms with Crippen molar-refractivity contribution in [1.82, 2.24) is 10.2 Å². The molecule has 1 saturated heterocycles. The molecule has 2 rings (SSSR count). The topological polar surface area (TPSA) is 67.6 Å². The molecule has 0 bridgehead atoms. The van der Waals surface area contributed by atoms with Crippen LogP contribution < -0.4 is 11.1 Å². The Balaban J connectivity index is 1.72. The summed E-state index contributed by atoms with van der Waals surface area (Å²) < 4.78 is 5.61. The number of nitrogens with two attached hydrogens (primary N) is 1. The van der Waals surface area contributed by atoms with Gasteiger partial charge in [-0.15, -0.1) is 0 Å². The largest absolute Gasteiger partial charge is 0.377 e. The Morgan fingerprint density at radius 2 is 2.28 bits per heavy atom. The minimum atomic E-state index is 0.118. The molecule has 104 valence electrons. The monoisotopic (exact) mass is 255 g/mol. The lowest BCUT2D eigenvalue weighted by atomic mass is 10.1. The van der Waals surface area contributed by atoms with Gasteiger partial charge < -0.3 is 15.8 Å². The fourth-order valence-corrected chi connectivity index (χ4v) is 2.41. The highest BCUT2D eigenvalue weighted by Crippen LogP contribution is 2.19. The Morgan fingerprint density at radius 1 is 1.50 bits per heavy atom. The first-order valence-corrected chi connectivity index (χ1v) is 7.00. The van der Waals surface area contributed by atoms with E-state index in [0.29, 0.717) is 25.1 Å². The number of hydrogen-bond acceptors (Lipinski definition) is 4. The normalized spacial score (nSPS) is 25.4. The maximum Gasteiger partial charge on any atom is 0.221 e. The highest BCUT2D eigenvalue weighted by molar-refractivity contribution is 5.77. The van der Waals surface area contributed by atoms with Crippen molar-refractivity contribution in [1.29, 1.82) is 0 Å². The van der Waals surface area contributed by atoms with Crippen molar-refractivity contribution >= 4 is 5.91 Å². The van der Waals surface area contributed by atoms with Gasteiger partial charge in [0.25, 0.3) is 0 Å². The third-order valence-electron chi connectivity index (χ3n) is 3.77. The van der Waals surface area contributed by atoms with E-state index < -0.39 is 0 Å². The average Bonchev–Trinajstić information content (AvgIpc) is 3.00. The lowest BCUT2D eigenvalue weighted by Gasteiger charge is -2.28. The van der Waals surface area contributed by atoms with Gasteiger partial charge in [-0.1, -0.05) is 0 Å². The molecule has 1 heterocycles. The molecule has 0 radical (unpaired) electrons. The highest BCUT2D eigenvalue weighted by atomic mass is 16.5. The molecule has 0 spiro atoms. The zero-order chi connectivity index (χ0) is 13.0. The van der Waals surface area contributed by atoms with E-state index in [1.807, 2.05) is 7.05 Å². The predicted molar refractivity (Wildman–Crippen MR) is 70.2 cm³/mol. The van der Waals surface area contributed by atoms with Crippen molar-refractivity contribution in [3.05, 3.63) is 0 Å². The number of hydrogen-bond donors (Lipinski definition) is 2. The van der Waals surface area contributed by atoms with Crippen LogP contribution in [0, 0.1) is 0 Å². The van der Waals surface area contributed by atoms with E-state index in [1.54, 1.807) is 0 Å². The molecule has 2 atom stereocenters. The molecule has 5 heteroatoms.